The maximum absolute atomic E-state index is 11.7. The van der Waals surface area contributed by atoms with Crippen molar-refractivity contribution in [1.82, 2.24) is 19.8 Å². The minimum absolute atomic E-state index is 0.0666. The third kappa shape index (κ3) is 3.33. The molecule has 0 aromatic carbocycles. The van der Waals surface area contributed by atoms with Crippen molar-refractivity contribution in [3.05, 3.63) is 18.0 Å². The first-order chi connectivity index (χ1) is 11.4. The Labute approximate surface area is 140 Å². The molecule has 1 aromatic rings. The number of nitrogen functional groups attached to an aromatic ring is 1. The van der Waals surface area contributed by atoms with Gasteiger partial charge in [-0.2, -0.15) is 0 Å². The smallest absolute Gasteiger partial charge is 0.326 e. The summed E-state index contributed by atoms with van der Waals surface area (Å²) in [6.45, 7) is 4.52. The highest BCUT2D eigenvalue weighted by atomic mass is 16.4. The number of aromatic nitrogens is 2. The van der Waals surface area contributed by atoms with Crippen molar-refractivity contribution in [2.75, 3.05) is 25.4 Å². The van der Waals surface area contributed by atoms with Crippen LogP contribution in [0.2, 0.25) is 0 Å². The molecule has 130 valence electrons. The van der Waals surface area contributed by atoms with Gasteiger partial charge >= 0.3 is 5.97 Å². The predicted molar refractivity (Wildman–Crippen MR) is 86.8 cm³/mol. The van der Waals surface area contributed by atoms with Crippen LogP contribution in [0.5, 0.6) is 0 Å². The van der Waals surface area contributed by atoms with Crippen LogP contribution >= 0.6 is 0 Å². The molecule has 3 N–H and O–H groups in total. The normalized spacial score (nSPS) is 23.5. The maximum Gasteiger partial charge on any atom is 0.326 e. The highest BCUT2D eigenvalue weighted by Gasteiger charge is 2.48. The first-order valence-corrected chi connectivity index (χ1v) is 8.17. The number of carbonyl (C=O) groups excluding carboxylic acids is 1. The number of piperidine rings is 1. The van der Waals surface area contributed by atoms with Crippen LogP contribution in [0.4, 0.5) is 5.95 Å². The number of hydrogen-bond donors (Lipinski definition) is 2. The lowest BCUT2D eigenvalue weighted by Crippen LogP contribution is -2.42. The molecule has 24 heavy (non-hydrogen) atoms. The van der Waals surface area contributed by atoms with Crippen LogP contribution < -0.4 is 5.73 Å². The van der Waals surface area contributed by atoms with Crippen LogP contribution in [0.15, 0.2) is 12.4 Å². The lowest BCUT2D eigenvalue weighted by Gasteiger charge is -2.39. The molecule has 3 rings (SSSR count). The summed E-state index contributed by atoms with van der Waals surface area (Å²) in [5, 5.41) is 9.39. The number of aliphatic carboxylic acids is 1. The zero-order valence-corrected chi connectivity index (χ0v) is 13.8. The van der Waals surface area contributed by atoms with Crippen molar-refractivity contribution < 1.29 is 14.7 Å². The van der Waals surface area contributed by atoms with E-state index in [1.165, 1.54) is 11.8 Å². The maximum atomic E-state index is 11.7. The van der Waals surface area contributed by atoms with E-state index in [0.29, 0.717) is 13.0 Å². The van der Waals surface area contributed by atoms with Crippen molar-refractivity contribution in [2.45, 2.75) is 38.8 Å². The Morgan fingerprint density at radius 1 is 1.33 bits per heavy atom. The van der Waals surface area contributed by atoms with E-state index in [1.807, 2.05) is 0 Å². The molecule has 8 nitrogen and oxygen atoms in total. The fourth-order valence-corrected chi connectivity index (χ4v) is 3.86. The van der Waals surface area contributed by atoms with Crippen molar-refractivity contribution in [3.63, 3.8) is 0 Å². The third-order valence-electron chi connectivity index (χ3n) is 5.25. The van der Waals surface area contributed by atoms with Crippen LogP contribution in [0.3, 0.4) is 0 Å². The van der Waals surface area contributed by atoms with Gasteiger partial charge in [-0.1, -0.05) is 0 Å². The molecule has 1 unspecified atom stereocenters. The van der Waals surface area contributed by atoms with E-state index in [0.717, 1.165) is 38.0 Å². The summed E-state index contributed by atoms with van der Waals surface area (Å²) in [6.07, 6.45) is 5.83. The SMILES string of the molecule is CC(=O)N1CC2(CCN(Cc3cnc(N)nc3)CC2)CC1C(=O)O. The number of anilines is 1. The zero-order chi connectivity index (χ0) is 17.3. The lowest BCUT2D eigenvalue weighted by molar-refractivity contribution is -0.147. The molecule has 2 aliphatic rings. The van der Waals surface area contributed by atoms with Gasteiger partial charge in [0.15, 0.2) is 0 Å². The van der Waals surface area contributed by atoms with E-state index in [4.69, 9.17) is 5.73 Å². The number of nitrogens with two attached hydrogens (primary N) is 1. The summed E-state index contributed by atoms with van der Waals surface area (Å²) >= 11 is 0. The molecule has 0 radical (unpaired) electrons. The molecule has 2 aliphatic heterocycles. The van der Waals surface area contributed by atoms with Gasteiger partial charge in [0.2, 0.25) is 11.9 Å². The van der Waals surface area contributed by atoms with E-state index in [-0.39, 0.29) is 17.3 Å². The molecule has 0 bridgehead atoms. The van der Waals surface area contributed by atoms with Gasteiger partial charge < -0.3 is 15.7 Å². The minimum atomic E-state index is -0.900. The standard InChI is InChI=1S/C16H23N5O3/c1-11(22)21-10-16(6-13(21)14(23)24)2-4-20(5-3-16)9-12-7-18-15(17)19-8-12/h7-8,13H,2-6,9-10H2,1H3,(H,23,24)(H2,17,18,19). The number of nitrogens with zero attached hydrogens (tertiary/aromatic N) is 4. The molecule has 8 heteroatoms. The largest absolute Gasteiger partial charge is 0.480 e. The number of likely N-dealkylation sites (tertiary alicyclic amines) is 2. The van der Waals surface area contributed by atoms with Gasteiger partial charge in [0.1, 0.15) is 6.04 Å². The van der Waals surface area contributed by atoms with E-state index in [2.05, 4.69) is 14.9 Å². The Balaban J connectivity index is 1.61. The molecule has 0 saturated carbocycles. The van der Waals surface area contributed by atoms with Crippen molar-refractivity contribution >= 4 is 17.8 Å². The molecular weight excluding hydrogens is 310 g/mol. The number of carboxylic acid groups (broad SMARTS) is 1. The van der Waals surface area contributed by atoms with Crippen molar-refractivity contribution in [2.24, 2.45) is 5.41 Å². The van der Waals surface area contributed by atoms with Gasteiger partial charge in [0.25, 0.3) is 0 Å². The number of hydrogen-bond acceptors (Lipinski definition) is 6. The summed E-state index contributed by atoms with van der Waals surface area (Å²) < 4.78 is 0. The number of rotatable bonds is 3. The van der Waals surface area contributed by atoms with Crippen molar-refractivity contribution in [1.29, 1.82) is 0 Å². The van der Waals surface area contributed by atoms with Crippen molar-refractivity contribution in [3.8, 4) is 0 Å². The van der Waals surface area contributed by atoms with Gasteiger partial charge in [-0.25, -0.2) is 14.8 Å². The fraction of sp³-hybridized carbons (Fsp3) is 0.625. The van der Waals surface area contributed by atoms with Gasteiger partial charge in [0, 0.05) is 38.0 Å². The zero-order valence-electron chi connectivity index (χ0n) is 13.8. The van der Waals surface area contributed by atoms with Crippen LogP contribution in [0, 0.1) is 5.41 Å². The predicted octanol–water partition coefficient (Wildman–Crippen LogP) is 0.346. The highest BCUT2D eigenvalue weighted by Crippen LogP contribution is 2.43. The summed E-state index contributed by atoms with van der Waals surface area (Å²) in [5.74, 6) is -0.782. The second-order valence-electron chi connectivity index (χ2n) is 6.93. The molecular formula is C16H23N5O3. The summed E-state index contributed by atoms with van der Waals surface area (Å²) in [6, 6.07) is -0.681. The minimum Gasteiger partial charge on any atom is -0.480 e. The van der Waals surface area contributed by atoms with E-state index >= 15 is 0 Å². The van der Waals surface area contributed by atoms with E-state index < -0.39 is 12.0 Å². The Kier molecular flexibility index (Phi) is 4.40. The average molecular weight is 333 g/mol. The van der Waals surface area contributed by atoms with E-state index in [1.54, 1.807) is 12.4 Å². The quantitative estimate of drug-likeness (QED) is 0.820. The molecule has 1 spiro atoms. The first-order valence-electron chi connectivity index (χ1n) is 8.17. The van der Waals surface area contributed by atoms with Gasteiger partial charge in [-0.3, -0.25) is 9.69 Å². The molecule has 3 heterocycles. The van der Waals surface area contributed by atoms with Crippen LogP contribution in [-0.4, -0.2) is 62.4 Å². The number of carboxylic acids is 1. The van der Waals surface area contributed by atoms with Crippen LogP contribution in [0.1, 0.15) is 31.7 Å². The third-order valence-corrected chi connectivity index (χ3v) is 5.25. The molecule has 1 aromatic heterocycles. The summed E-state index contributed by atoms with van der Waals surface area (Å²) in [5.41, 5.74) is 6.44. The lowest BCUT2D eigenvalue weighted by atomic mass is 9.76. The highest BCUT2D eigenvalue weighted by molar-refractivity contribution is 5.83. The second kappa shape index (κ2) is 6.35. The molecule has 1 amide bonds. The summed E-state index contributed by atoms with van der Waals surface area (Å²) in [4.78, 5) is 35.0. The second-order valence-corrected chi connectivity index (χ2v) is 6.93. The molecule has 1 atom stereocenters. The summed E-state index contributed by atoms with van der Waals surface area (Å²) in [7, 11) is 0. The first kappa shape index (κ1) is 16.6. The monoisotopic (exact) mass is 333 g/mol. The van der Waals surface area contributed by atoms with Gasteiger partial charge in [-0.05, 0) is 37.8 Å². The Hall–Kier alpha value is -2.22. The van der Waals surface area contributed by atoms with Gasteiger partial charge in [-0.15, -0.1) is 0 Å². The molecule has 2 saturated heterocycles. The van der Waals surface area contributed by atoms with E-state index in [9.17, 15) is 14.7 Å². The Bertz CT molecular complexity index is 601. The molecule has 0 aliphatic carbocycles. The molecule has 2 fully saturated rings. The Morgan fingerprint density at radius 3 is 2.46 bits per heavy atom. The Morgan fingerprint density at radius 2 is 1.96 bits per heavy atom. The van der Waals surface area contributed by atoms with Crippen LogP contribution in [-0.2, 0) is 16.1 Å². The van der Waals surface area contributed by atoms with Gasteiger partial charge in [0.05, 0.1) is 0 Å². The number of amides is 1. The average Bonchev–Trinajstić information content (AvgIpc) is 2.92. The number of carbonyl (C=O) groups is 2. The van der Waals surface area contributed by atoms with Crippen LogP contribution in [0.25, 0.3) is 0 Å². The topological polar surface area (TPSA) is 113 Å². The fourth-order valence-electron chi connectivity index (χ4n) is 3.86.